The summed E-state index contributed by atoms with van der Waals surface area (Å²) in [6, 6.07) is 4.76. The Hall–Kier alpha value is -2.77. The van der Waals surface area contributed by atoms with Gasteiger partial charge in [0.2, 0.25) is 5.91 Å². The maximum absolute atomic E-state index is 12.3. The predicted molar refractivity (Wildman–Crippen MR) is 114 cm³/mol. The molecule has 1 aromatic carbocycles. The summed E-state index contributed by atoms with van der Waals surface area (Å²) in [6.07, 6.45) is 1.92. The lowest BCUT2D eigenvalue weighted by atomic mass is 10.1. The van der Waals surface area contributed by atoms with E-state index in [0.29, 0.717) is 24.7 Å². The second-order valence-corrected chi connectivity index (χ2v) is 7.92. The lowest BCUT2D eigenvalue weighted by Gasteiger charge is -2.23. The van der Waals surface area contributed by atoms with Gasteiger partial charge >= 0.3 is 5.97 Å². The van der Waals surface area contributed by atoms with E-state index < -0.39 is 24.0 Å². The van der Waals surface area contributed by atoms with E-state index in [2.05, 4.69) is 12.2 Å². The molecule has 1 N–H and O–H groups in total. The second kappa shape index (κ2) is 12.0. The number of carbonyl (C=O) groups is 3. The number of amides is 2. The molecule has 0 aromatic heterocycles. The van der Waals surface area contributed by atoms with Crippen LogP contribution in [0.2, 0.25) is 0 Å². The summed E-state index contributed by atoms with van der Waals surface area (Å²) in [5, 5.41) is 2.77. The molecule has 2 amide bonds. The van der Waals surface area contributed by atoms with Gasteiger partial charge in [-0.05, 0) is 52.3 Å². The minimum absolute atomic E-state index is 0.119. The number of nitrogens with zero attached hydrogens (tertiary/aromatic N) is 1. The molecular weight excluding hydrogens is 388 g/mol. The van der Waals surface area contributed by atoms with E-state index in [-0.39, 0.29) is 18.0 Å². The molecule has 8 heteroatoms. The number of hydrogen-bond acceptors (Lipinski definition) is 6. The highest BCUT2D eigenvalue weighted by molar-refractivity contribution is 5.92. The van der Waals surface area contributed by atoms with Crippen molar-refractivity contribution < 1.29 is 28.6 Å². The van der Waals surface area contributed by atoms with Gasteiger partial charge in [0.15, 0.2) is 18.1 Å². The van der Waals surface area contributed by atoms with E-state index >= 15 is 0 Å². The monoisotopic (exact) mass is 422 g/mol. The highest BCUT2D eigenvalue weighted by Gasteiger charge is 2.19. The predicted octanol–water partition coefficient (Wildman–Crippen LogP) is 2.79. The van der Waals surface area contributed by atoms with Gasteiger partial charge in [0, 0.05) is 12.6 Å². The van der Waals surface area contributed by atoms with E-state index in [0.717, 1.165) is 12.8 Å². The van der Waals surface area contributed by atoms with Gasteiger partial charge in [-0.1, -0.05) is 13.3 Å². The van der Waals surface area contributed by atoms with Crippen LogP contribution in [-0.4, -0.2) is 61.6 Å². The lowest BCUT2D eigenvalue weighted by Crippen LogP contribution is -2.46. The molecule has 8 nitrogen and oxygen atoms in total. The maximum Gasteiger partial charge on any atom is 0.338 e. The molecule has 0 saturated heterocycles. The Morgan fingerprint density at radius 3 is 2.37 bits per heavy atom. The van der Waals surface area contributed by atoms with E-state index in [1.165, 1.54) is 18.0 Å². The molecule has 0 bridgehead atoms. The van der Waals surface area contributed by atoms with Crippen molar-refractivity contribution in [1.29, 1.82) is 0 Å². The van der Waals surface area contributed by atoms with Gasteiger partial charge in [0.1, 0.15) is 0 Å². The molecule has 0 aliphatic rings. The zero-order chi connectivity index (χ0) is 22.7. The molecule has 168 valence electrons. The standard InChI is InChI=1S/C22H34N2O6/c1-7-9-12-29-17-11-10-16(13-18(17)28-8-2)21(27)30-15-20(26)24(6)14-19(25)23-22(3,4)5/h10-11,13H,7-9,12,14-15H2,1-6H3,(H,23,25). The summed E-state index contributed by atoms with van der Waals surface area (Å²) in [6.45, 7) is 9.86. The van der Waals surface area contributed by atoms with Crippen LogP contribution in [0, 0.1) is 0 Å². The Labute approximate surface area is 178 Å². The average Bonchev–Trinajstić information content (AvgIpc) is 2.65. The molecule has 0 atom stereocenters. The number of unbranched alkanes of at least 4 members (excludes halogenated alkanes) is 1. The smallest absolute Gasteiger partial charge is 0.338 e. The van der Waals surface area contributed by atoms with Crippen LogP contribution in [0.5, 0.6) is 11.5 Å². The highest BCUT2D eigenvalue weighted by atomic mass is 16.5. The van der Waals surface area contributed by atoms with Crippen LogP contribution in [0.1, 0.15) is 57.8 Å². The molecular formula is C22H34N2O6. The molecule has 0 spiro atoms. The molecule has 1 aromatic rings. The number of rotatable bonds is 11. The van der Waals surface area contributed by atoms with Crippen molar-refractivity contribution in [1.82, 2.24) is 10.2 Å². The fourth-order valence-electron chi connectivity index (χ4n) is 2.43. The Morgan fingerprint density at radius 2 is 1.77 bits per heavy atom. The first kappa shape index (κ1) is 25.3. The SMILES string of the molecule is CCCCOc1ccc(C(=O)OCC(=O)N(C)CC(=O)NC(C)(C)C)cc1OCC. The first-order valence-electron chi connectivity index (χ1n) is 10.2. The molecule has 0 unspecified atom stereocenters. The molecule has 0 heterocycles. The number of carbonyl (C=O) groups excluding carboxylic acids is 3. The van der Waals surface area contributed by atoms with Crippen molar-refractivity contribution in [3.8, 4) is 11.5 Å². The van der Waals surface area contributed by atoms with E-state index in [9.17, 15) is 14.4 Å². The van der Waals surface area contributed by atoms with Gasteiger partial charge in [-0.3, -0.25) is 9.59 Å². The minimum Gasteiger partial charge on any atom is -0.490 e. The van der Waals surface area contributed by atoms with E-state index in [1.807, 2.05) is 27.7 Å². The van der Waals surface area contributed by atoms with Crippen molar-refractivity contribution in [3.63, 3.8) is 0 Å². The van der Waals surface area contributed by atoms with Gasteiger partial charge < -0.3 is 24.4 Å². The molecule has 0 aliphatic heterocycles. The van der Waals surface area contributed by atoms with Gasteiger partial charge in [-0.15, -0.1) is 0 Å². The summed E-state index contributed by atoms with van der Waals surface area (Å²) in [5.74, 6) is -0.411. The van der Waals surface area contributed by atoms with E-state index in [4.69, 9.17) is 14.2 Å². The van der Waals surface area contributed by atoms with Crippen LogP contribution in [-0.2, 0) is 14.3 Å². The molecule has 0 aliphatic carbocycles. The van der Waals surface area contributed by atoms with Crippen molar-refractivity contribution in [2.45, 2.75) is 53.0 Å². The molecule has 0 saturated carbocycles. The lowest BCUT2D eigenvalue weighted by molar-refractivity contribution is -0.137. The number of ether oxygens (including phenoxy) is 3. The van der Waals surface area contributed by atoms with Gasteiger partial charge in [-0.2, -0.15) is 0 Å². The van der Waals surface area contributed by atoms with Crippen LogP contribution < -0.4 is 14.8 Å². The van der Waals surface area contributed by atoms with Gasteiger partial charge in [0.05, 0.1) is 25.3 Å². The Bertz CT molecular complexity index is 727. The summed E-state index contributed by atoms with van der Waals surface area (Å²) in [4.78, 5) is 37.6. The average molecular weight is 423 g/mol. The molecule has 0 fully saturated rings. The topological polar surface area (TPSA) is 94.2 Å². The third-order valence-electron chi connectivity index (χ3n) is 3.88. The third kappa shape index (κ3) is 9.15. The van der Waals surface area contributed by atoms with Gasteiger partial charge in [-0.25, -0.2) is 4.79 Å². The maximum atomic E-state index is 12.3. The summed E-state index contributed by atoms with van der Waals surface area (Å²) in [5.41, 5.74) is -0.139. The molecule has 30 heavy (non-hydrogen) atoms. The Kier molecular flexibility index (Phi) is 10.1. The summed E-state index contributed by atoms with van der Waals surface area (Å²) in [7, 11) is 1.48. The van der Waals surface area contributed by atoms with Crippen molar-refractivity contribution in [3.05, 3.63) is 23.8 Å². The summed E-state index contributed by atoms with van der Waals surface area (Å²) >= 11 is 0. The molecule has 0 radical (unpaired) electrons. The van der Waals surface area contributed by atoms with Crippen LogP contribution in [0.15, 0.2) is 18.2 Å². The Balaban J connectivity index is 2.65. The second-order valence-electron chi connectivity index (χ2n) is 7.92. The fourth-order valence-corrected chi connectivity index (χ4v) is 2.43. The fraction of sp³-hybridized carbons (Fsp3) is 0.591. The largest absolute Gasteiger partial charge is 0.490 e. The van der Waals surface area contributed by atoms with E-state index in [1.54, 1.807) is 12.1 Å². The molecule has 1 rings (SSSR count). The zero-order valence-electron chi connectivity index (χ0n) is 18.9. The van der Waals surface area contributed by atoms with Crippen molar-refractivity contribution in [2.75, 3.05) is 33.4 Å². The quantitative estimate of drug-likeness (QED) is 0.435. The third-order valence-corrected chi connectivity index (χ3v) is 3.88. The number of benzene rings is 1. The normalized spacial score (nSPS) is 10.9. The minimum atomic E-state index is -0.656. The summed E-state index contributed by atoms with van der Waals surface area (Å²) < 4.78 is 16.4. The number of nitrogens with one attached hydrogen (secondary N) is 1. The zero-order valence-corrected chi connectivity index (χ0v) is 18.9. The van der Waals surface area contributed by atoms with Gasteiger partial charge in [0.25, 0.3) is 5.91 Å². The van der Waals surface area contributed by atoms with Crippen LogP contribution in [0.3, 0.4) is 0 Å². The number of likely N-dealkylation sites (N-methyl/N-ethyl adjacent to an activating group) is 1. The number of hydrogen-bond donors (Lipinski definition) is 1. The van der Waals surface area contributed by atoms with Crippen LogP contribution >= 0.6 is 0 Å². The Morgan fingerprint density at radius 1 is 1.07 bits per heavy atom. The first-order chi connectivity index (χ1) is 14.1. The van der Waals surface area contributed by atoms with Crippen molar-refractivity contribution in [2.24, 2.45) is 0 Å². The number of esters is 1. The van der Waals surface area contributed by atoms with Crippen LogP contribution in [0.4, 0.5) is 0 Å². The first-order valence-corrected chi connectivity index (χ1v) is 10.2. The van der Waals surface area contributed by atoms with Crippen molar-refractivity contribution >= 4 is 17.8 Å². The highest BCUT2D eigenvalue weighted by Crippen LogP contribution is 2.29. The van der Waals surface area contributed by atoms with Crippen LogP contribution in [0.25, 0.3) is 0 Å².